The van der Waals surface area contributed by atoms with E-state index in [2.05, 4.69) is 15.4 Å². The van der Waals surface area contributed by atoms with Crippen LogP contribution < -0.4 is 5.32 Å². The molecule has 0 atom stereocenters. The van der Waals surface area contributed by atoms with Crippen molar-refractivity contribution < 1.29 is 9.59 Å². The molecule has 0 saturated heterocycles. The van der Waals surface area contributed by atoms with Gasteiger partial charge in [0.2, 0.25) is 0 Å². The number of aliphatic imine (C=N–C) groups is 1. The first-order valence-electron chi connectivity index (χ1n) is 10.1. The summed E-state index contributed by atoms with van der Waals surface area (Å²) in [7, 11) is 0. The van der Waals surface area contributed by atoms with Crippen molar-refractivity contribution in [3.63, 3.8) is 0 Å². The maximum absolute atomic E-state index is 13.2. The van der Waals surface area contributed by atoms with Crippen LogP contribution in [0.25, 0.3) is 6.08 Å². The van der Waals surface area contributed by atoms with E-state index in [1.54, 1.807) is 24.3 Å². The molecule has 0 unspecified atom stereocenters. The lowest BCUT2D eigenvalue weighted by atomic mass is 10.1. The number of fused-ring (bicyclic) bond motifs is 1. The Kier molecular flexibility index (Phi) is 5.01. The lowest BCUT2D eigenvalue weighted by Gasteiger charge is -2.13. The molecule has 3 aromatic carbocycles. The number of rotatable bonds is 4. The van der Waals surface area contributed by atoms with Crippen LogP contribution in [-0.4, -0.2) is 28.4 Å². The van der Waals surface area contributed by atoms with E-state index in [1.165, 1.54) is 5.01 Å². The van der Waals surface area contributed by atoms with Crippen LogP contribution in [0.5, 0.6) is 0 Å². The Bertz CT molecular complexity index is 1320. The van der Waals surface area contributed by atoms with Crippen LogP contribution in [0.15, 0.2) is 113 Å². The molecular formula is C26H18N4O2. The molecule has 0 aliphatic carbocycles. The van der Waals surface area contributed by atoms with Crippen LogP contribution in [0.3, 0.4) is 0 Å². The minimum atomic E-state index is -0.397. The maximum atomic E-state index is 13.2. The average Bonchev–Trinajstić information content (AvgIpc) is 3.32. The van der Waals surface area contributed by atoms with Crippen LogP contribution in [-0.2, 0) is 9.59 Å². The Morgan fingerprint density at radius 2 is 1.53 bits per heavy atom. The van der Waals surface area contributed by atoms with Gasteiger partial charge in [-0.2, -0.15) is 10.1 Å². The fourth-order valence-corrected chi connectivity index (χ4v) is 3.51. The first kappa shape index (κ1) is 19.4. The van der Waals surface area contributed by atoms with Crippen LogP contribution in [0.1, 0.15) is 16.7 Å². The number of nitrogens with one attached hydrogen (secondary N) is 1. The number of hydrogen-bond donors (Lipinski definition) is 1. The van der Waals surface area contributed by atoms with E-state index in [0.717, 1.165) is 11.1 Å². The number of anilines is 1. The molecule has 0 fully saturated rings. The number of amides is 2. The molecule has 0 radical (unpaired) electrons. The van der Waals surface area contributed by atoms with Crippen LogP contribution in [0, 0.1) is 0 Å². The first-order valence-corrected chi connectivity index (χ1v) is 10.1. The van der Waals surface area contributed by atoms with Gasteiger partial charge in [-0.25, -0.2) is 4.99 Å². The Morgan fingerprint density at radius 1 is 0.844 bits per heavy atom. The summed E-state index contributed by atoms with van der Waals surface area (Å²) in [6, 6.07) is 26.4. The zero-order chi connectivity index (χ0) is 21.9. The number of carbonyl (C=O) groups is 2. The van der Waals surface area contributed by atoms with Crippen molar-refractivity contribution >= 4 is 35.1 Å². The van der Waals surface area contributed by atoms with Crippen molar-refractivity contribution in [2.75, 3.05) is 5.32 Å². The second-order valence-electron chi connectivity index (χ2n) is 7.19. The molecule has 1 N–H and O–H groups in total. The van der Waals surface area contributed by atoms with Crippen molar-refractivity contribution in [1.29, 1.82) is 0 Å². The van der Waals surface area contributed by atoms with Gasteiger partial charge in [0.05, 0.1) is 5.69 Å². The monoisotopic (exact) mass is 418 g/mol. The highest BCUT2D eigenvalue weighted by molar-refractivity contribution is 6.54. The van der Waals surface area contributed by atoms with Gasteiger partial charge in [-0.15, -0.1) is 0 Å². The molecule has 2 heterocycles. The van der Waals surface area contributed by atoms with Crippen LogP contribution in [0.2, 0.25) is 0 Å². The summed E-state index contributed by atoms with van der Waals surface area (Å²) in [6.07, 6.45) is 5.33. The van der Waals surface area contributed by atoms with E-state index in [4.69, 9.17) is 0 Å². The predicted molar refractivity (Wildman–Crippen MR) is 125 cm³/mol. The maximum Gasteiger partial charge on any atom is 0.298 e. The SMILES string of the molecule is O=C1Nc2ccccc2/C1=N/N1C(=O)C(=CC=Cc2ccccc2)N=C1c1ccccc1. The molecule has 2 aliphatic rings. The van der Waals surface area contributed by atoms with E-state index >= 15 is 0 Å². The smallest absolute Gasteiger partial charge is 0.298 e. The average molecular weight is 418 g/mol. The summed E-state index contributed by atoms with van der Waals surface area (Å²) in [4.78, 5) is 30.3. The molecule has 6 nitrogen and oxygen atoms in total. The fraction of sp³-hybridized carbons (Fsp3) is 0. The zero-order valence-electron chi connectivity index (χ0n) is 17.0. The number of nitrogens with zero attached hydrogens (tertiary/aromatic N) is 3. The Morgan fingerprint density at radius 3 is 2.31 bits per heavy atom. The van der Waals surface area contributed by atoms with Gasteiger partial charge < -0.3 is 5.32 Å². The minimum absolute atomic E-state index is 0.179. The standard InChI is InChI=1S/C26H18N4O2/c31-25-23(20-15-7-8-16-21(20)28-25)29-30-24(19-13-5-2-6-14-19)27-22(26(30)32)17-9-12-18-10-3-1-4-11-18/h1-17H,(H,28,29,31). The molecule has 2 aliphatic heterocycles. The van der Waals surface area contributed by atoms with E-state index in [9.17, 15) is 9.59 Å². The van der Waals surface area contributed by atoms with Crippen LogP contribution in [0.4, 0.5) is 5.69 Å². The number of carbonyl (C=O) groups excluding carboxylic acids is 2. The van der Waals surface area contributed by atoms with Gasteiger partial charge in [0, 0.05) is 11.1 Å². The highest BCUT2D eigenvalue weighted by atomic mass is 16.2. The van der Waals surface area contributed by atoms with Crippen molar-refractivity contribution in [3.8, 4) is 0 Å². The number of para-hydroxylation sites is 1. The number of amidine groups is 1. The summed E-state index contributed by atoms with van der Waals surface area (Å²) in [5, 5.41) is 8.43. The van der Waals surface area contributed by atoms with Crippen molar-refractivity contribution in [3.05, 3.63) is 119 Å². The third kappa shape index (κ3) is 3.65. The van der Waals surface area contributed by atoms with E-state index in [0.29, 0.717) is 17.1 Å². The van der Waals surface area contributed by atoms with Crippen molar-refractivity contribution in [2.45, 2.75) is 0 Å². The molecule has 2 amide bonds. The van der Waals surface area contributed by atoms with E-state index < -0.39 is 5.91 Å². The minimum Gasteiger partial charge on any atom is -0.320 e. The molecule has 5 rings (SSSR count). The van der Waals surface area contributed by atoms with Gasteiger partial charge in [-0.1, -0.05) is 91.0 Å². The summed E-state index contributed by atoms with van der Waals surface area (Å²) in [5.41, 5.74) is 3.48. The molecular weight excluding hydrogens is 400 g/mol. The van der Waals surface area contributed by atoms with E-state index in [1.807, 2.05) is 78.9 Å². The molecule has 0 bridgehead atoms. The summed E-state index contributed by atoms with van der Waals surface area (Å²) in [5.74, 6) is -0.376. The summed E-state index contributed by atoms with van der Waals surface area (Å²) < 4.78 is 0. The van der Waals surface area contributed by atoms with Gasteiger partial charge >= 0.3 is 0 Å². The molecule has 6 heteroatoms. The molecule has 32 heavy (non-hydrogen) atoms. The number of allylic oxidation sites excluding steroid dienone is 2. The van der Waals surface area contributed by atoms with E-state index in [-0.39, 0.29) is 17.3 Å². The van der Waals surface area contributed by atoms with Gasteiger partial charge in [-0.3, -0.25) is 9.59 Å². The molecule has 0 aromatic heterocycles. The Labute approximate surface area is 184 Å². The zero-order valence-corrected chi connectivity index (χ0v) is 17.0. The second kappa shape index (κ2) is 8.28. The molecule has 154 valence electrons. The Hall–Kier alpha value is -4.58. The predicted octanol–water partition coefficient (Wildman–Crippen LogP) is 4.23. The lowest BCUT2D eigenvalue weighted by Crippen LogP contribution is -2.30. The first-order chi connectivity index (χ1) is 15.7. The van der Waals surface area contributed by atoms with Gasteiger partial charge in [0.25, 0.3) is 11.8 Å². The highest BCUT2D eigenvalue weighted by Crippen LogP contribution is 2.26. The number of hydrogen-bond acceptors (Lipinski definition) is 4. The summed E-state index contributed by atoms with van der Waals surface area (Å²) >= 11 is 0. The normalized spacial score (nSPS) is 17.9. The largest absolute Gasteiger partial charge is 0.320 e. The molecule has 3 aromatic rings. The molecule has 0 spiro atoms. The third-order valence-corrected chi connectivity index (χ3v) is 5.06. The van der Waals surface area contributed by atoms with Crippen molar-refractivity contribution in [1.82, 2.24) is 5.01 Å². The van der Waals surface area contributed by atoms with Gasteiger partial charge in [0.15, 0.2) is 11.5 Å². The third-order valence-electron chi connectivity index (χ3n) is 5.06. The fourth-order valence-electron chi connectivity index (χ4n) is 3.51. The Balaban J connectivity index is 1.54. The molecule has 0 saturated carbocycles. The number of hydrazone groups is 1. The van der Waals surface area contributed by atoms with Crippen LogP contribution >= 0.6 is 0 Å². The van der Waals surface area contributed by atoms with Gasteiger partial charge in [-0.05, 0) is 17.7 Å². The van der Waals surface area contributed by atoms with Gasteiger partial charge in [0.1, 0.15) is 5.70 Å². The summed E-state index contributed by atoms with van der Waals surface area (Å²) in [6.45, 7) is 0. The quantitative estimate of drug-likeness (QED) is 0.644. The lowest BCUT2D eigenvalue weighted by molar-refractivity contribution is -0.122. The highest BCUT2D eigenvalue weighted by Gasteiger charge is 2.34. The number of benzene rings is 3. The topological polar surface area (TPSA) is 74.1 Å². The van der Waals surface area contributed by atoms with Crippen molar-refractivity contribution in [2.24, 2.45) is 10.1 Å². The second-order valence-corrected chi connectivity index (χ2v) is 7.19.